The van der Waals surface area contributed by atoms with Crippen LogP contribution in [0.3, 0.4) is 0 Å². The van der Waals surface area contributed by atoms with Gasteiger partial charge in [0.2, 0.25) is 15.9 Å². The molecule has 186 valence electrons. The van der Waals surface area contributed by atoms with E-state index in [0.29, 0.717) is 19.4 Å². The smallest absolute Gasteiger partial charge is 0.407 e. The molecule has 2 fully saturated rings. The summed E-state index contributed by atoms with van der Waals surface area (Å²) < 4.78 is 38.9. The van der Waals surface area contributed by atoms with Crippen molar-refractivity contribution in [3.63, 3.8) is 0 Å². The van der Waals surface area contributed by atoms with Gasteiger partial charge in [-0.15, -0.1) is 0 Å². The number of nitrogens with zero attached hydrogens (tertiary/aromatic N) is 1. The second-order valence-corrected chi connectivity index (χ2v) is 10.5. The van der Waals surface area contributed by atoms with Crippen molar-refractivity contribution in [2.24, 2.45) is 5.92 Å². The summed E-state index contributed by atoms with van der Waals surface area (Å²) in [4.78, 5) is 23.7. The Morgan fingerprint density at radius 2 is 1.86 bits per heavy atom. The minimum atomic E-state index is -3.70. The van der Waals surface area contributed by atoms with E-state index in [1.54, 1.807) is 12.1 Å². The Bertz CT molecular complexity index is 1150. The van der Waals surface area contributed by atoms with E-state index >= 15 is 0 Å². The van der Waals surface area contributed by atoms with Gasteiger partial charge in [0.05, 0.1) is 11.0 Å². The number of carbonyl (C=O) groups excluding carboxylic acids is 2. The summed E-state index contributed by atoms with van der Waals surface area (Å²) in [7, 11) is -3.70. The molecule has 9 nitrogen and oxygen atoms in total. The van der Waals surface area contributed by atoms with Gasteiger partial charge in [0.25, 0.3) is 0 Å². The minimum absolute atomic E-state index is 0.173. The zero-order chi connectivity index (χ0) is 24.8. The van der Waals surface area contributed by atoms with Gasteiger partial charge in [0, 0.05) is 19.6 Å². The molecule has 2 aromatic rings. The van der Waals surface area contributed by atoms with Crippen molar-refractivity contribution >= 4 is 22.0 Å². The largest absolute Gasteiger partial charge is 0.445 e. The Labute approximate surface area is 205 Å². The first kappa shape index (κ1) is 24.9. The summed E-state index contributed by atoms with van der Waals surface area (Å²) in [6, 6.07) is 15.8. The number of ether oxygens (including phenoxy) is 2. The van der Waals surface area contributed by atoms with Gasteiger partial charge in [0.15, 0.2) is 0 Å². The molecule has 0 saturated carbocycles. The van der Waals surface area contributed by atoms with Crippen LogP contribution in [0.2, 0.25) is 0 Å². The second kappa shape index (κ2) is 11.0. The molecule has 2 saturated heterocycles. The zero-order valence-electron chi connectivity index (χ0n) is 19.3. The first-order valence-corrected chi connectivity index (χ1v) is 12.9. The molecule has 2 aliphatic heterocycles. The predicted octanol–water partition coefficient (Wildman–Crippen LogP) is 2.54. The normalized spacial score (nSPS) is 22.1. The van der Waals surface area contributed by atoms with Gasteiger partial charge in [-0.3, -0.25) is 4.79 Å². The van der Waals surface area contributed by atoms with E-state index in [9.17, 15) is 18.0 Å². The van der Waals surface area contributed by atoms with Crippen LogP contribution in [0.15, 0.2) is 72.1 Å². The van der Waals surface area contributed by atoms with E-state index in [-0.39, 0.29) is 42.5 Å². The third-order valence-electron chi connectivity index (χ3n) is 6.21. The highest BCUT2D eigenvalue weighted by Gasteiger charge is 2.42. The Morgan fingerprint density at radius 3 is 2.57 bits per heavy atom. The lowest BCUT2D eigenvalue weighted by Gasteiger charge is -2.33. The van der Waals surface area contributed by atoms with Crippen molar-refractivity contribution in [2.75, 3.05) is 13.1 Å². The highest BCUT2D eigenvalue weighted by molar-refractivity contribution is 7.89. The maximum absolute atomic E-state index is 13.2. The number of sulfonamides is 1. The Morgan fingerprint density at radius 1 is 1.11 bits per heavy atom. The Kier molecular flexibility index (Phi) is 7.84. The summed E-state index contributed by atoms with van der Waals surface area (Å²) >= 11 is 0. The van der Waals surface area contributed by atoms with Gasteiger partial charge >= 0.3 is 6.09 Å². The molecular formula is C25H29N3O6S. The molecule has 2 aliphatic rings. The summed E-state index contributed by atoms with van der Waals surface area (Å²) in [5.74, 6) is -0.108. The highest BCUT2D eigenvalue weighted by atomic mass is 32.2. The first-order chi connectivity index (χ1) is 16.8. The summed E-state index contributed by atoms with van der Waals surface area (Å²) in [6.45, 7) is 4.46. The van der Waals surface area contributed by atoms with Crippen LogP contribution in [0.5, 0.6) is 0 Å². The fourth-order valence-electron chi connectivity index (χ4n) is 4.31. The molecule has 10 heteroatoms. The van der Waals surface area contributed by atoms with Crippen LogP contribution in [0.4, 0.5) is 4.79 Å². The van der Waals surface area contributed by atoms with E-state index in [0.717, 1.165) is 11.1 Å². The molecule has 2 N–H and O–H groups in total. The highest BCUT2D eigenvalue weighted by Crippen LogP contribution is 2.34. The number of carbonyl (C=O) groups is 2. The molecule has 0 radical (unpaired) electrons. The topological polar surface area (TPSA) is 114 Å². The van der Waals surface area contributed by atoms with E-state index in [2.05, 4.69) is 17.2 Å². The number of nitrogens with one attached hydrogen (secondary N) is 2. The van der Waals surface area contributed by atoms with Gasteiger partial charge in [-0.2, -0.15) is 4.31 Å². The molecule has 0 bridgehead atoms. The number of amides is 2. The van der Waals surface area contributed by atoms with Crippen molar-refractivity contribution < 1.29 is 27.5 Å². The number of piperidine rings is 1. The third-order valence-corrected chi connectivity index (χ3v) is 8.09. The summed E-state index contributed by atoms with van der Waals surface area (Å²) in [5, 5.41) is 5.39. The maximum atomic E-state index is 13.2. The van der Waals surface area contributed by atoms with E-state index in [1.807, 2.05) is 30.3 Å². The molecule has 2 amide bonds. The number of rotatable bonds is 8. The number of hydrogen-bond acceptors (Lipinski definition) is 6. The van der Waals surface area contributed by atoms with Gasteiger partial charge in [-0.05, 0) is 48.1 Å². The standard InChI is InChI=1S/C25H29N3O6S/c1-2-23(29)27-24-14-20-12-13-28(16-22(20)34-24)35(31,32)21-10-8-18(9-11-21)15-26-25(30)33-17-19-6-4-3-5-7-19/h2-11,20,22,24H,1,12-17H2,(H,26,30)(H,27,29). The molecule has 0 aromatic heterocycles. The van der Waals surface area contributed by atoms with Gasteiger partial charge in [-0.25, -0.2) is 13.2 Å². The van der Waals surface area contributed by atoms with Gasteiger partial charge < -0.3 is 20.1 Å². The average Bonchev–Trinajstić information content (AvgIpc) is 3.28. The molecule has 3 atom stereocenters. The summed E-state index contributed by atoms with van der Waals surface area (Å²) in [5.41, 5.74) is 1.64. The fraction of sp³-hybridized carbons (Fsp3) is 0.360. The average molecular weight is 500 g/mol. The molecular weight excluding hydrogens is 470 g/mol. The van der Waals surface area contributed by atoms with Crippen LogP contribution < -0.4 is 10.6 Å². The zero-order valence-corrected chi connectivity index (χ0v) is 20.1. The quantitative estimate of drug-likeness (QED) is 0.540. The number of alkyl carbamates (subject to hydrolysis) is 1. The van der Waals surface area contributed by atoms with Crippen molar-refractivity contribution in [3.05, 3.63) is 78.4 Å². The molecule has 4 rings (SSSR count). The van der Waals surface area contributed by atoms with Crippen molar-refractivity contribution in [1.82, 2.24) is 14.9 Å². The van der Waals surface area contributed by atoms with Gasteiger partial charge in [-0.1, -0.05) is 49.0 Å². The monoisotopic (exact) mass is 499 g/mol. The second-order valence-electron chi connectivity index (χ2n) is 8.58. The van der Waals surface area contributed by atoms with E-state index < -0.39 is 22.3 Å². The van der Waals surface area contributed by atoms with Crippen LogP contribution in [0.1, 0.15) is 24.0 Å². The van der Waals surface area contributed by atoms with Crippen LogP contribution in [0, 0.1) is 5.92 Å². The summed E-state index contributed by atoms with van der Waals surface area (Å²) in [6.07, 6.45) is 1.27. The third kappa shape index (κ3) is 6.27. The first-order valence-electron chi connectivity index (χ1n) is 11.5. The number of benzene rings is 2. The number of fused-ring (bicyclic) bond motifs is 1. The lowest BCUT2D eigenvalue weighted by molar-refractivity contribution is -0.120. The van der Waals surface area contributed by atoms with Crippen LogP contribution in [-0.2, 0) is 37.4 Å². The molecule has 3 unspecified atom stereocenters. The fourth-order valence-corrected chi connectivity index (χ4v) is 5.77. The van der Waals surface area contributed by atoms with Crippen molar-refractivity contribution in [2.45, 2.75) is 43.2 Å². The molecule has 0 aliphatic carbocycles. The van der Waals surface area contributed by atoms with Crippen LogP contribution in [0.25, 0.3) is 0 Å². The minimum Gasteiger partial charge on any atom is -0.445 e. The molecule has 2 aromatic carbocycles. The van der Waals surface area contributed by atoms with Crippen LogP contribution >= 0.6 is 0 Å². The molecule has 0 spiro atoms. The van der Waals surface area contributed by atoms with Crippen molar-refractivity contribution in [3.8, 4) is 0 Å². The molecule has 35 heavy (non-hydrogen) atoms. The lowest BCUT2D eigenvalue weighted by atomic mass is 9.94. The molecule has 2 heterocycles. The predicted molar refractivity (Wildman–Crippen MR) is 128 cm³/mol. The van der Waals surface area contributed by atoms with E-state index in [4.69, 9.17) is 9.47 Å². The van der Waals surface area contributed by atoms with Crippen molar-refractivity contribution in [1.29, 1.82) is 0 Å². The van der Waals surface area contributed by atoms with Crippen LogP contribution in [-0.4, -0.2) is 50.1 Å². The van der Waals surface area contributed by atoms with E-state index in [1.165, 1.54) is 22.5 Å². The maximum Gasteiger partial charge on any atom is 0.407 e. The number of hydrogen-bond donors (Lipinski definition) is 2. The van der Waals surface area contributed by atoms with Gasteiger partial charge in [0.1, 0.15) is 12.8 Å². The SMILES string of the molecule is C=CC(=O)NC1CC2CCN(S(=O)(=O)c3ccc(CNC(=O)OCc4ccccc4)cc3)CC2O1. The Balaban J connectivity index is 1.28. The Hall–Kier alpha value is -3.21. The lowest BCUT2D eigenvalue weighted by Crippen LogP contribution is -2.45.